The normalized spacial score (nSPS) is 20.7. The van der Waals surface area contributed by atoms with Crippen molar-refractivity contribution in [2.45, 2.75) is 43.5 Å². The van der Waals surface area contributed by atoms with E-state index < -0.39 is 10.0 Å². The van der Waals surface area contributed by atoms with Crippen LogP contribution in [-0.4, -0.2) is 25.3 Å². The molecule has 1 atom stereocenters. The Bertz CT molecular complexity index is 739. The first-order valence-corrected chi connectivity index (χ1v) is 9.07. The lowest BCUT2D eigenvalue weighted by molar-refractivity contribution is 0.246. The number of piperidine rings is 1. The van der Waals surface area contributed by atoms with Gasteiger partial charge in [0.25, 0.3) is 0 Å². The zero-order valence-corrected chi connectivity index (χ0v) is 13.1. The largest absolute Gasteiger partial charge is 0.243 e. The first kappa shape index (κ1) is 14.5. The molecule has 0 amide bonds. The Balaban J connectivity index is 2.02. The van der Waals surface area contributed by atoms with E-state index in [1.807, 2.05) is 30.3 Å². The summed E-state index contributed by atoms with van der Waals surface area (Å²) in [6.07, 6.45) is 3.95. The second-order valence-corrected chi connectivity index (χ2v) is 7.57. The monoisotopic (exact) mass is 303 g/mol. The fraction of sp³-hybridized carbons (Fsp3) is 0.412. The van der Waals surface area contributed by atoms with Crippen LogP contribution in [0.15, 0.2) is 47.4 Å². The average molecular weight is 303 g/mol. The van der Waals surface area contributed by atoms with Gasteiger partial charge in [0, 0.05) is 12.6 Å². The summed E-state index contributed by atoms with van der Waals surface area (Å²) in [6, 6.07) is 13.4. The molecule has 0 bridgehead atoms. The van der Waals surface area contributed by atoms with Crippen LogP contribution in [0.5, 0.6) is 0 Å². The summed E-state index contributed by atoms with van der Waals surface area (Å²) in [4.78, 5) is 0.418. The molecule has 1 fully saturated rings. The summed E-state index contributed by atoms with van der Waals surface area (Å²) in [7, 11) is -3.38. The first-order chi connectivity index (χ1) is 10.1. The van der Waals surface area contributed by atoms with Crippen molar-refractivity contribution in [3.05, 3.63) is 42.5 Å². The summed E-state index contributed by atoms with van der Waals surface area (Å²) in [5, 5.41) is 2.05. The number of sulfonamides is 1. The number of hydrogen-bond donors (Lipinski definition) is 0. The molecule has 1 heterocycles. The Morgan fingerprint density at radius 2 is 1.86 bits per heavy atom. The van der Waals surface area contributed by atoms with E-state index in [1.54, 1.807) is 16.4 Å². The van der Waals surface area contributed by atoms with E-state index in [-0.39, 0.29) is 6.04 Å². The van der Waals surface area contributed by atoms with Crippen molar-refractivity contribution < 1.29 is 8.42 Å². The number of nitrogens with zero attached hydrogens (tertiary/aromatic N) is 1. The molecule has 4 heteroatoms. The molecular formula is C17H21NO2S. The molecule has 2 aromatic rings. The number of benzene rings is 2. The lowest BCUT2D eigenvalue weighted by Crippen LogP contribution is -2.43. The maximum Gasteiger partial charge on any atom is 0.243 e. The molecule has 0 spiro atoms. The SMILES string of the molecule is CC[C@@H]1CCCCN1S(=O)(=O)c1ccc2ccccc2c1. The van der Waals surface area contributed by atoms with E-state index in [4.69, 9.17) is 0 Å². The van der Waals surface area contributed by atoms with Gasteiger partial charge in [-0.3, -0.25) is 0 Å². The van der Waals surface area contributed by atoms with Crippen molar-refractivity contribution in [2.75, 3.05) is 6.54 Å². The third-order valence-corrected chi connectivity index (χ3v) is 6.32. The van der Waals surface area contributed by atoms with Crippen molar-refractivity contribution in [3.63, 3.8) is 0 Å². The minimum absolute atomic E-state index is 0.148. The standard InChI is InChI=1S/C17H21NO2S/c1-2-16-9-5-6-12-18(16)21(19,20)17-11-10-14-7-3-4-8-15(14)13-17/h3-4,7-8,10-11,13,16H,2,5-6,9,12H2,1H3/t16-/m1/s1. The van der Waals surface area contributed by atoms with Crippen LogP contribution in [0, 0.1) is 0 Å². The van der Waals surface area contributed by atoms with Gasteiger partial charge in [0.1, 0.15) is 0 Å². The van der Waals surface area contributed by atoms with Gasteiger partial charge in [-0.15, -0.1) is 0 Å². The van der Waals surface area contributed by atoms with Gasteiger partial charge in [0.15, 0.2) is 0 Å². The maximum atomic E-state index is 12.9. The van der Waals surface area contributed by atoms with Crippen LogP contribution >= 0.6 is 0 Å². The predicted octanol–water partition coefficient (Wildman–Crippen LogP) is 3.79. The highest BCUT2D eigenvalue weighted by molar-refractivity contribution is 7.89. The molecule has 3 nitrogen and oxygen atoms in total. The molecule has 1 aliphatic rings. The third-order valence-electron chi connectivity index (χ3n) is 4.37. The Morgan fingerprint density at radius 3 is 2.62 bits per heavy atom. The molecule has 0 aromatic heterocycles. The topological polar surface area (TPSA) is 37.4 Å². The van der Waals surface area contributed by atoms with Crippen LogP contribution in [0.2, 0.25) is 0 Å². The molecule has 1 aliphatic heterocycles. The smallest absolute Gasteiger partial charge is 0.207 e. The van der Waals surface area contributed by atoms with E-state index in [9.17, 15) is 8.42 Å². The summed E-state index contributed by atoms with van der Waals surface area (Å²) in [5.41, 5.74) is 0. The van der Waals surface area contributed by atoms with Gasteiger partial charge < -0.3 is 0 Å². The van der Waals surface area contributed by atoms with Gasteiger partial charge in [-0.25, -0.2) is 8.42 Å². The van der Waals surface area contributed by atoms with E-state index in [2.05, 4.69) is 6.92 Å². The maximum absolute atomic E-state index is 12.9. The van der Waals surface area contributed by atoms with Crippen molar-refractivity contribution in [1.29, 1.82) is 0 Å². The molecule has 0 N–H and O–H groups in total. The van der Waals surface area contributed by atoms with Crippen molar-refractivity contribution in [1.82, 2.24) is 4.31 Å². The number of fused-ring (bicyclic) bond motifs is 1. The van der Waals surface area contributed by atoms with Crippen LogP contribution in [0.3, 0.4) is 0 Å². The molecule has 112 valence electrons. The van der Waals surface area contributed by atoms with Crippen LogP contribution in [0.1, 0.15) is 32.6 Å². The molecule has 0 aliphatic carbocycles. The minimum Gasteiger partial charge on any atom is -0.207 e. The van der Waals surface area contributed by atoms with Crippen LogP contribution in [-0.2, 0) is 10.0 Å². The Hall–Kier alpha value is -1.39. The molecule has 0 saturated carbocycles. The van der Waals surface area contributed by atoms with Gasteiger partial charge in [-0.2, -0.15) is 4.31 Å². The fourth-order valence-corrected chi connectivity index (χ4v) is 4.96. The van der Waals surface area contributed by atoms with E-state index in [0.29, 0.717) is 11.4 Å². The quantitative estimate of drug-likeness (QED) is 0.865. The van der Waals surface area contributed by atoms with Gasteiger partial charge >= 0.3 is 0 Å². The van der Waals surface area contributed by atoms with Crippen molar-refractivity contribution >= 4 is 20.8 Å². The molecule has 2 aromatic carbocycles. The van der Waals surface area contributed by atoms with Gasteiger partial charge in [-0.1, -0.05) is 43.7 Å². The highest BCUT2D eigenvalue weighted by atomic mass is 32.2. The Labute approximate surface area is 126 Å². The number of rotatable bonds is 3. The van der Waals surface area contributed by atoms with Gasteiger partial charge in [0.05, 0.1) is 4.90 Å². The third kappa shape index (κ3) is 2.70. The fourth-order valence-electron chi connectivity index (χ4n) is 3.16. The van der Waals surface area contributed by atoms with Gasteiger partial charge in [-0.05, 0) is 42.2 Å². The Morgan fingerprint density at radius 1 is 1.10 bits per heavy atom. The van der Waals surface area contributed by atoms with Crippen LogP contribution in [0.25, 0.3) is 10.8 Å². The van der Waals surface area contributed by atoms with Crippen molar-refractivity contribution in [2.24, 2.45) is 0 Å². The lowest BCUT2D eigenvalue weighted by Gasteiger charge is -2.34. The highest BCUT2D eigenvalue weighted by Gasteiger charge is 2.32. The van der Waals surface area contributed by atoms with Crippen LogP contribution < -0.4 is 0 Å². The minimum atomic E-state index is -3.38. The lowest BCUT2D eigenvalue weighted by atomic mass is 10.0. The van der Waals surface area contributed by atoms with E-state index in [0.717, 1.165) is 36.5 Å². The second-order valence-electron chi connectivity index (χ2n) is 5.68. The summed E-state index contributed by atoms with van der Waals surface area (Å²) < 4.78 is 27.6. The molecule has 0 unspecified atom stereocenters. The molecule has 1 saturated heterocycles. The van der Waals surface area contributed by atoms with Crippen LogP contribution in [0.4, 0.5) is 0 Å². The van der Waals surface area contributed by atoms with E-state index in [1.165, 1.54) is 0 Å². The first-order valence-electron chi connectivity index (χ1n) is 7.63. The summed E-state index contributed by atoms with van der Waals surface area (Å²) >= 11 is 0. The van der Waals surface area contributed by atoms with Crippen molar-refractivity contribution in [3.8, 4) is 0 Å². The highest BCUT2D eigenvalue weighted by Crippen LogP contribution is 2.28. The number of hydrogen-bond acceptors (Lipinski definition) is 2. The summed E-state index contributed by atoms with van der Waals surface area (Å²) in [5.74, 6) is 0. The molecule has 3 rings (SSSR count). The van der Waals surface area contributed by atoms with Gasteiger partial charge in [0.2, 0.25) is 10.0 Å². The second kappa shape index (κ2) is 5.78. The predicted molar refractivity (Wildman–Crippen MR) is 85.8 cm³/mol. The summed E-state index contributed by atoms with van der Waals surface area (Å²) in [6.45, 7) is 2.71. The average Bonchev–Trinajstić information content (AvgIpc) is 2.54. The Kier molecular flexibility index (Phi) is 4.00. The van der Waals surface area contributed by atoms with E-state index >= 15 is 0 Å². The molecule has 21 heavy (non-hydrogen) atoms. The molecular weight excluding hydrogens is 282 g/mol. The zero-order chi connectivity index (χ0) is 14.9. The molecule has 0 radical (unpaired) electrons. The zero-order valence-electron chi connectivity index (χ0n) is 12.3.